The van der Waals surface area contributed by atoms with Crippen LogP contribution in [0.1, 0.15) is 33.1 Å². The number of aryl methyl sites for hydroxylation is 1. The Morgan fingerprint density at radius 3 is 2.50 bits per heavy atom. The number of carbonyl (C=O) groups excluding carboxylic acids is 2. The van der Waals surface area contributed by atoms with E-state index in [0.717, 1.165) is 28.5 Å². The van der Waals surface area contributed by atoms with Gasteiger partial charge in [-0.15, -0.1) is 0 Å². The van der Waals surface area contributed by atoms with E-state index in [9.17, 15) is 9.59 Å². The van der Waals surface area contributed by atoms with Crippen LogP contribution in [0.4, 0.5) is 0 Å². The third kappa shape index (κ3) is 4.52. The zero-order chi connectivity index (χ0) is 20.1. The maximum Gasteiger partial charge on any atom is 0.310 e. The monoisotopic (exact) mass is 381 g/mol. The summed E-state index contributed by atoms with van der Waals surface area (Å²) < 4.78 is 17.7. The average Bonchev–Trinajstić information content (AvgIpc) is 3.30. The molecule has 0 aliphatic heterocycles. The van der Waals surface area contributed by atoms with Crippen molar-refractivity contribution in [1.82, 2.24) is 4.57 Å². The van der Waals surface area contributed by atoms with Crippen molar-refractivity contribution in [1.29, 1.82) is 0 Å². The Hall–Kier alpha value is -3.28. The predicted octanol–water partition coefficient (Wildman–Crippen LogP) is 3.72. The highest BCUT2D eigenvalue weighted by molar-refractivity contribution is 5.99. The maximum atomic E-state index is 12.5. The number of hydrogen-bond acceptors (Lipinski definition) is 5. The van der Waals surface area contributed by atoms with Crippen molar-refractivity contribution in [3.63, 3.8) is 0 Å². The molecule has 0 aliphatic rings. The second-order valence-corrected chi connectivity index (χ2v) is 6.56. The minimum Gasteiger partial charge on any atom is -0.497 e. The fourth-order valence-electron chi connectivity index (χ4n) is 3.07. The lowest BCUT2D eigenvalue weighted by Crippen LogP contribution is -2.16. The molecule has 0 fully saturated rings. The van der Waals surface area contributed by atoms with Gasteiger partial charge in [0, 0.05) is 17.0 Å². The van der Waals surface area contributed by atoms with Crippen LogP contribution in [0.15, 0.2) is 53.1 Å². The number of furan rings is 1. The minimum absolute atomic E-state index is 0.106. The number of benzene rings is 1. The molecular formula is C22H23NO5. The molecule has 6 heteroatoms. The molecular weight excluding hydrogens is 358 g/mol. The van der Waals surface area contributed by atoms with Gasteiger partial charge in [-0.2, -0.15) is 0 Å². The van der Waals surface area contributed by atoms with Crippen molar-refractivity contribution in [2.75, 3.05) is 13.7 Å². The molecule has 2 aromatic heterocycles. The molecule has 0 radical (unpaired) electrons. The molecule has 28 heavy (non-hydrogen) atoms. The number of ketones is 1. The third-order valence-electron chi connectivity index (χ3n) is 4.64. The van der Waals surface area contributed by atoms with Crippen LogP contribution in [-0.4, -0.2) is 30.0 Å². The van der Waals surface area contributed by atoms with Crippen molar-refractivity contribution in [3.05, 3.63) is 77.0 Å². The Bertz CT molecular complexity index is 952. The average molecular weight is 381 g/mol. The topological polar surface area (TPSA) is 70.7 Å². The Morgan fingerprint density at radius 2 is 1.86 bits per heavy atom. The van der Waals surface area contributed by atoms with Crippen LogP contribution < -0.4 is 4.74 Å². The Kier molecular flexibility index (Phi) is 5.99. The van der Waals surface area contributed by atoms with E-state index in [2.05, 4.69) is 0 Å². The van der Waals surface area contributed by atoms with E-state index in [1.54, 1.807) is 37.6 Å². The summed E-state index contributed by atoms with van der Waals surface area (Å²) >= 11 is 0. The Balaban J connectivity index is 1.59. The van der Waals surface area contributed by atoms with Gasteiger partial charge in [0.25, 0.3) is 0 Å². The van der Waals surface area contributed by atoms with Gasteiger partial charge >= 0.3 is 5.97 Å². The van der Waals surface area contributed by atoms with E-state index >= 15 is 0 Å². The van der Waals surface area contributed by atoms with Crippen molar-refractivity contribution < 1.29 is 23.5 Å². The molecule has 0 atom stereocenters. The van der Waals surface area contributed by atoms with Crippen molar-refractivity contribution in [2.24, 2.45) is 0 Å². The predicted molar refractivity (Wildman–Crippen MR) is 104 cm³/mol. The summed E-state index contributed by atoms with van der Waals surface area (Å²) in [7, 11) is 1.58. The summed E-state index contributed by atoms with van der Waals surface area (Å²) in [6, 6.07) is 12.7. The van der Waals surface area contributed by atoms with Gasteiger partial charge in [0.05, 0.1) is 26.3 Å². The van der Waals surface area contributed by atoms with Crippen molar-refractivity contribution in [2.45, 2.75) is 26.8 Å². The molecule has 0 N–H and O–H groups in total. The number of esters is 1. The molecule has 0 amide bonds. The van der Waals surface area contributed by atoms with E-state index in [1.807, 2.05) is 36.6 Å². The molecule has 3 rings (SSSR count). The van der Waals surface area contributed by atoms with Crippen LogP contribution in [0.5, 0.6) is 5.75 Å². The molecule has 0 saturated heterocycles. The first kappa shape index (κ1) is 19.5. The molecule has 0 aliphatic carbocycles. The molecule has 0 spiro atoms. The first-order valence-electron chi connectivity index (χ1n) is 8.98. The lowest BCUT2D eigenvalue weighted by molar-refractivity contribution is -0.141. The van der Waals surface area contributed by atoms with E-state index in [1.165, 1.54) is 0 Å². The number of aromatic nitrogens is 1. The lowest BCUT2D eigenvalue weighted by Gasteiger charge is -2.08. The smallest absolute Gasteiger partial charge is 0.310 e. The van der Waals surface area contributed by atoms with Gasteiger partial charge in [0.1, 0.15) is 11.5 Å². The summed E-state index contributed by atoms with van der Waals surface area (Å²) in [6.07, 6.45) is 1.73. The first-order chi connectivity index (χ1) is 13.5. The van der Waals surface area contributed by atoms with Gasteiger partial charge in [-0.1, -0.05) is 12.1 Å². The summed E-state index contributed by atoms with van der Waals surface area (Å²) in [4.78, 5) is 24.6. The Labute approximate surface area is 163 Å². The molecule has 0 unspecified atom stereocenters. The molecule has 0 saturated carbocycles. The SMILES string of the molecule is COc1ccc(CC(=O)OCC(=O)c2cc(C)n(Cc3ccco3)c2C)cc1. The molecule has 2 heterocycles. The van der Waals surface area contributed by atoms with Crippen LogP contribution >= 0.6 is 0 Å². The molecule has 146 valence electrons. The van der Waals surface area contributed by atoms with Gasteiger partial charge in [0.15, 0.2) is 6.61 Å². The highest BCUT2D eigenvalue weighted by atomic mass is 16.5. The van der Waals surface area contributed by atoms with E-state index in [4.69, 9.17) is 13.9 Å². The fraction of sp³-hybridized carbons (Fsp3) is 0.273. The number of ether oxygens (including phenoxy) is 2. The Morgan fingerprint density at radius 1 is 1.11 bits per heavy atom. The normalized spacial score (nSPS) is 10.7. The zero-order valence-electron chi connectivity index (χ0n) is 16.2. The van der Waals surface area contributed by atoms with Crippen LogP contribution in [0.2, 0.25) is 0 Å². The molecule has 1 aromatic carbocycles. The standard InChI is InChI=1S/C22H23NO5/c1-15-11-20(16(2)23(15)13-19-5-4-10-27-19)21(24)14-28-22(25)12-17-6-8-18(26-3)9-7-17/h4-11H,12-14H2,1-3H3. The first-order valence-corrected chi connectivity index (χ1v) is 8.98. The van der Waals surface area contributed by atoms with Gasteiger partial charge in [-0.05, 0) is 49.7 Å². The second-order valence-electron chi connectivity index (χ2n) is 6.56. The second kappa shape index (κ2) is 8.61. The van der Waals surface area contributed by atoms with Gasteiger partial charge in [0.2, 0.25) is 5.78 Å². The van der Waals surface area contributed by atoms with Crippen LogP contribution in [0.3, 0.4) is 0 Å². The van der Waals surface area contributed by atoms with Crippen LogP contribution in [-0.2, 0) is 22.5 Å². The summed E-state index contributed by atoms with van der Waals surface area (Å²) in [5.74, 6) is 0.869. The number of Topliss-reactive ketones (excluding diaryl/α,β-unsaturated/α-hetero) is 1. The highest BCUT2D eigenvalue weighted by Gasteiger charge is 2.18. The quantitative estimate of drug-likeness (QED) is 0.439. The number of carbonyl (C=O) groups is 2. The van der Waals surface area contributed by atoms with Crippen LogP contribution in [0, 0.1) is 13.8 Å². The lowest BCUT2D eigenvalue weighted by atomic mass is 10.1. The van der Waals surface area contributed by atoms with Crippen molar-refractivity contribution in [3.8, 4) is 5.75 Å². The summed E-state index contributed by atoms with van der Waals surface area (Å²) in [6.45, 7) is 4.08. The molecule has 6 nitrogen and oxygen atoms in total. The van der Waals surface area contributed by atoms with Gasteiger partial charge in [-0.3, -0.25) is 9.59 Å². The molecule has 3 aromatic rings. The zero-order valence-corrected chi connectivity index (χ0v) is 16.2. The number of nitrogens with zero attached hydrogens (tertiary/aromatic N) is 1. The molecule has 0 bridgehead atoms. The maximum absolute atomic E-state index is 12.5. The van der Waals surface area contributed by atoms with E-state index in [0.29, 0.717) is 12.1 Å². The number of rotatable bonds is 8. The highest BCUT2D eigenvalue weighted by Crippen LogP contribution is 2.18. The fourth-order valence-corrected chi connectivity index (χ4v) is 3.07. The summed E-state index contributed by atoms with van der Waals surface area (Å²) in [5, 5.41) is 0. The van der Waals surface area contributed by atoms with E-state index < -0.39 is 5.97 Å². The van der Waals surface area contributed by atoms with Crippen LogP contribution in [0.25, 0.3) is 0 Å². The largest absolute Gasteiger partial charge is 0.497 e. The number of methoxy groups -OCH3 is 1. The third-order valence-corrected chi connectivity index (χ3v) is 4.64. The van der Waals surface area contributed by atoms with Crippen molar-refractivity contribution >= 4 is 11.8 Å². The van der Waals surface area contributed by atoms with E-state index in [-0.39, 0.29) is 18.8 Å². The van der Waals surface area contributed by atoms with Gasteiger partial charge < -0.3 is 18.5 Å². The summed E-state index contributed by atoms with van der Waals surface area (Å²) in [5.41, 5.74) is 3.13. The van der Waals surface area contributed by atoms with Gasteiger partial charge in [-0.25, -0.2) is 0 Å². The minimum atomic E-state index is -0.442. The number of hydrogen-bond donors (Lipinski definition) is 0.